The molecule has 0 saturated carbocycles. The average Bonchev–Trinajstić information content (AvgIpc) is 2.33. The normalized spacial score (nSPS) is 13.9. The summed E-state index contributed by atoms with van der Waals surface area (Å²) in [6, 6.07) is 4.10. The van der Waals surface area contributed by atoms with Crippen LogP contribution in [0.15, 0.2) is 27.7 Å². The summed E-state index contributed by atoms with van der Waals surface area (Å²) in [6.07, 6.45) is 1.93. The van der Waals surface area contributed by atoms with Gasteiger partial charge in [-0.2, -0.15) is 0 Å². The van der Waals surface area contributed by atoms with E-state index in [-0.39, 0.29) is 30.3 Å². The monoisotopic (exact) mass is 313 g/mol. The molecular weight excluding hydrogens is 305 g/mol. The number of halogens is 2. The zero-order valence-electron chi connectivity index (χ0n) is 9.23. The molecule has 0 amide bonds. The van der Waals surface area contributed by atoms with Crippen molar-refractivity contribution in [2.45, 2.75) is 6.42 Å². The van der Waals surface area contributed by atoms with Crippen LogP contribution < -0.4 is 0 Å². The number of carbonyl (C=O) groups excluding carboxylic acids is 3. The van der Waals surface area contributed by atoms with E-state index in [4.69, 9.17) is 0 Å². The molecule has 0 N–H and O–H groups in total. The first-order valence-electron chi connectivity index (χ1n) is 4.97. The van der Waals surface area contributed by atoms with Crippen LogP contribution in [0.5, 0.6) is 0 Å². The number of hydrogen-bond acceptors (Lipinski definition) is 4. The van der Waals surface area contributed by atoms with Crippen LogP contribution >= 0.6 is 15.9 Å². The zero-order valence-corrected chi connectivity index (χ0v) is 10.8. The van der Waals surface area contributed by atoms with Gasteiger partial charge in [-0.3, -0.25) is 19.4 Å². The van der Waals surface area contributed by atoms with E-state index < -0.39 is 0 Å². The zero-order chi connectivity index (χ0) is 13.5. The topological polar surface area (TPSA) is 63.6 Å². The molecular formula is C12H9BrFNO3. The summed E-state index contributed by atoms with van der Waals surface area (Å²) in [6.45, 7) is 0.186. The van der Waals surface area contributed by atoms with Crippen LogP contribution in [-0.4, -0.2) is 30.6 Å². The number of nitrogens with zero attached hydrogens (tertiary/aromatic N) is 1. The summed E-state index contributed by atoms with van der Waals surface area (Å²) < 4.78 is 12.8. The minimum Gasteiger partial charge on any atom is -0.298 e. The van der Waals surface area contributed by atoms with E-state index in [1.54, 1.807) is 0 Å². The summed E-state index contributed by atoms with van der Waals surface area (Å²) in [4.78, 5) is 34.3. The highest BCUT2D eigenvalue weighted by Crippen LogP contribution is 2.15. The third kappa shape index (κ3) is 4.67. The molecule has 0 unspecified atom stereocenters. The third-order valence-electron chi connectivity index (χ3n) is 1.95. The standard InChI is InChI=1S/C7H4BrFO.C5H5NO2/c8-6-3-5(4-10)1-2-7(6)9;7-4-1-5(8)3-6-2-4/h1-4H;2H,1,3H2. The lowest BCUT2D eigenvalue weighted by Gasteiger charge is -1.96. The number of ketones is 2. The minimum atomic E-state index is -0.356. The second kappa shape index (κ2) is 6.90. The van der Waals surface area contributed by atoms with Crippen molar-refractivity contribution >= 4 is 40.0 Å². The first kappa shape index (κ1) is 14.4. The first-order valence-corrected chi connectivity index (χ1v) is 5.77. The Kier molecular flexibility index (Phi) is 5.51. The Balaban J connectivity index is 0.000000184. The quantitative estimate of drug-likeness (QED) is 0.588. The molecule has 0 atom stereocenters. The molecule has 1 aliphatic heterocycles. The smallest absolute Gasteiger partial charge is 0.180 e. The van der Waals surface area contributed by atoms with E-state index in [9.17, 15) is 18.8 Å². The molecule has 0 aliphatic carbocycles. The van der Waals surface area contributed by atoms with Crippen LogP contribution in [0.3, 0.4) is 0 Å². The fourth-order valence-electron chi connectivity index (χ4n) is 1.13. The fraction of sp³-hybridized carbons (Fsp3) is 0.167. The highest BCUT2D eigenvalue weighted by Gasteiger charge is 2.10. The van der Waals surface area contributed by atoms with Crippen molar-refractivity contribution in [1.82, 2.24) is 0 Å². The molecule has 1 aliphatic rings. The lowest BCUT2D eigenvalue weighted by molar-refractivity contribution is -0.123. The summed E-state index contributed by atoms with van der Waals surface area (Å²) in [5.74, 6) is -0.621. The predicted molar refractivity (Wildman–Crippen MR) is 67.5 cm³/mol. The fourth-order valence-corrected chi connectivity index (χ4v) is 1.53. The van der Waals surface area contributed by atoms with Crippen LogP contribution in [0.2, 0.25) is 0 Å². The summed E-state index contributed by atoms with van der Waals surface area (Å²) in [5, 5.41) is 0. The molecule has 1 aromatic carbocycles. The van der Waals surface area contributed by atoms with Crippen LogP contribution in [0.25, 0.3) is 0 Å². The molecule has 2 rings (SSSR count). The van der Waals surface area contributed by atoms with Crippen molar-refractivity contribution in [3.63, 3.8) is 0 Å². The van der Waals surface area contributed by atoms with Gasteiger partial charge in [-0.1, -0.05) is 0 Å². The van der Waals surface area contributed by atoms with E-state index in [1.165, 1.54) is 24.4 Å². The van der Waals surface area contributed by atoms with E-state index in [0.29, 0.717) is 16.3 Å². The highest BCUT2D eigenvalue weighted by molar-refractivity contribution is 9.10. The minimum absolute atomic E-state index is 0.0451. The van der Waals surface area contributed by atoms with Gasteiger partial charge in [0.25, 0.3) is 0 Å². The van der Waals surface area contributed by atoms with Crippen molar-refractivity contribution in [2.24, 2.45) is 4.99 Å². The first-order chi connectivity index (χ1) is 8.52. The Morgan fingerprint density at radius 3 is 2.50 bits per heavy atom. The van der Waals surface area contributed by atoms with Gasteiger partial charge in [0.15, 0.2) is 11.6 Å². The van der Waals surface area contributed by atoms with Crippen molar-refractivity contribution in [3.05, 3.63) is 34.1 Å². The molecule has 1 aromatic rings. The maximum Gasteiger partial charge on any atom is 0.180 e. The number of hydrogen-bond donors (Lipinski definition) is 0. The van der Waals surface area contributed by atoms with Gasteiger partial charge in [0.1, 0.15) is 12.1 Å². The van der Waals surface area contributed by atoms with Crippen LogP contribution in [0, 0.1) is 5.82 Å². The lowest BCUT2D eigenvalue weighted by atomic mass is 10.2. The van der Waals surface area contributed by atoms with Gasteiger partial charge >= 0.3 is 0 Å². The van der Waals surface area contributed by atoms with Gasteiger partial charge in [-0.25, -0.2) is 4.39 Å². The highest BCUT2D eigenvalue weighted by atomic mass is 79.9. The second-order valence-electron chi connectivity index (χ2n) is 3.44. The van der Waals surface area contributed by atoms with Gasteiger partial charge in [-0.05, 0) is 34.1 Å². The molecule has 0 radical (unpaired) electrons. The maximum absolute atomic E-state index is 12.5. The molecule has 0 saturated heterocycles. The van der Waals surface area contributed by atoms with Crippen LogP contribution in [0.4, 0.5) is 4.39 Å². The molecule has 94 valence electrons. The van der Waals surface area contributed by atoms with E-state index >= 15 is 0 Å². The van der Waals surface area contributed by atoms with Crippen LogP contribution in [-0.2, 0) is 9.59 Å². The Morgan fingerprint density at radius 2 is 2.06 bits per heavy atom. The van der Waals surface area contributed by atoms with E-state index in [1.807, 2.05) is 0 Å². The SMILES string of the molecule is O=C1C=NCC(=O)C1.O=Cc1ccc(F)c(Br)c1. The Labute approximate surface area is 111 Å². The van der Waals surface area contributed by atoms with Gasteiger partial charge in [0.2, 0.25) is 0 Å². The molecule has 18 heavy (non-hydrogen) atoms. The van der Waals surface area contributed by atoms with Gasteiger partial charge in [0.05, 0.1) is 23.7 Å². The maximum atomic E-state index is 12.5. The van der Waals surface area contributed by atoms with Crippen molar-refractivity contribution in [2.75, 3.05) is 6.54 Å². The number of benzene rings is 1. The van der Waals surface area contributed by atoms with Gasteiger partial charge in [0, 0.05) is 5.56 Å². The van der Waals surface area contributed by atoms with Gasteiger partial charge < -0.3 is 0 Å². The van der Waals surface area contributed by atoms with Crippen LogP contribution in [0.1, 0.15) is 16.8 Å². The Hall–Kier alpha value is -1.69. The van der Waals surface area contributed by atoms with Gasteiger partial charge in [-0.15, -0.1) is 0 Å². The van der Waals surface area contributed by atoms with Crippen molar-refractivity contribution in [1.29, 1.82) is 0 Å². The number of rotatable bonds is 1. The predicted octanol–water partition coefficient (Wildman–Crippen LogP) is 2.00. The number of aliphatic imine (C=N–C) groups is 1. The molecule has 1 heterocycles. The third-order valence-corrected chi connectivity index (χ3v) is 2.56. The Morgan fingerprint density at radius 1 is 1.33 bits per heavy atom. The number of Topliss-reactive ketones (excluding diaryl/α,β-unsaturated/α-hetero) is 2. The van der Waals surface area contributed by atoms with Crippen molar-refractivity contribution < 1.29 is 18.8 Å². The largest absolute Gasteiger partial charge is 0.298 e. The summed E-state index contributed by atoms with van der Waals surface area (Å²) >= 11 is 2.95. The molecule has 0 aromatic heterocycles. The lowest BCUT2D eigenvalue weighted by Crippen LogP contribution is -2.16. The van der Waals surface area contributed by atoms with E-state index in [0.717, 1.165) is 0 Å². The Bertz CT molecular complexity index is 514. The molecule has 6 heteroatoms. The molecule has 4 nitrogen and oxygen atoms in total. The number of carbonyl (C=O) groups is 3. The second-order valence-corrected chi connectivity index (χ2v) is 4.30. The summed E-state index contributed by atoms with van der Waals surface area (Å²) in [7, 11) is 0. The molecule has 0 bridgehead atoms. The van der Waals surface area contributed by atoms with Crippen molar-refractivity contribution in [3.8, 4) is 0 Å². The average molecular weight is 314 g/mol. The molecule has 0 spiro atoms. The number of aldehydes is 1. The van der Waals surface area contributed by atoms with E-state index in [2.05, 4.69) is 20.9 Å². The summed E-state index contributed by atoms with van der Waals surface area (Å²) in [5.41, 5.74) is 0.466. The molecule has 0 fully saturated rings.